The van der Waals surface area contributed by atoms with Crippen molar-refractivity contribution in [2.24, 2.45) is 5.73 Å². The lowest BCUT2D eigenvalue weighted by Gasteiger charge is -1.99. The molecular formula is C8H11NO4. The molecule has 0 aliphatic heterocycles. The maximum atomic E-state index is 10.8. The van der Waals surface area contributed by atoms with Crippen molar-refractivity contribution in [1.82, 2.24) is 0 Å². The monoisotopic (exact) mass is 185 g/mol. The Morgan fingerprint density at radius 2 is 2.00 bits per heavy atom. The summed E-state index contributed by atoms with van der Waals surface area (Å²) in [4.78, 5) is 30.9. The average molecular weight is 185 g/mol. The van der Waals surface area contributed by atoms with Crippen LogP contribution in [-0.4, -0.2) is 29.2 Å². The molecule has 1 unspecified atom stereocenters. The third-order valence-electron chi connectivity index (χ3n) is 1.31. The first-order chi connectivity index (χ1) is 6.06. The maximum absolute atomic E-state index is 10.8. The van der Waals surface area contributed by atoms with Crippen molar-refractivity contribution in [2.45, 2.75) is 18.9 Å². The predicted octanol–water partition coefficient (Wildman–Crippen LogP) is -0.497. The van der Waals surface area contributed by atoms with E-state index in [0.29, 0.717) is 6.29 Å². The quantitative estimate of drug-likeness (QED) is 0.429. The lowest BCUT2D eigenvalue weighted by atomic mass is 10.1. The molecule has 5 nitrogen and oxygen atoms in total. The number of ketones is 1. The second-order valence-corrected chi connectivity index (χ2v) is 2.48. The zero-order valence-corrected chi connectivity index (χ0v) is 6.97. The topological polar surface area (TPSA) is 97.5 Å². The molecule has 0 spiro atoms. The Bertz CT molecular complexity index is 234. The van der Waals surface area contributed by atoms with Gasteiger partial charge in [0.05, 0.1) is 6.04 Å². The SMILES string of the molecule is NC(C=O)CCC(=O)/C=C/C(=O)O. The van der Waals surface area contributed by atoms with Crippen molar-refractivity contribution in [3.05, 3.63) is 12.2 Å². The maximum Gasteiger partial charge on any atom is 0.328 e. The van der Waals surface area contributed by atoms with E-state index in [1.165, 1.54) is 0 Å². The van der Waals surface area contributed by atoms with Crippen molar-refractivity contribution in [2.75, 3.05) is 0 Å². The molecule has 0 fully saturated rings. The molecule has 0 saturated heterocycles. The number of carbonyl (C=O) groups is 3. The third-order valence-corrected chi connectivity index (χ3v) is 1.31. The van der Waals surface area contributed by atoms with Gasteiger partial charge in [-0.05, 0) is 12.5 Å². The molecule has 0 bridgehead atoms. The molecule has 0 aromatic carbocycles. The number of aliphatic carboxylic acids is 1. The summed E-state index contributed by atoms with van der Waals surface area (Å²) in [6, 6.07) is -0.651. The Kier molecular flexibility index (Phi) is 5.38. The molecule has 0 aliphatic rings. The predicted molar refractivity (Wildman–Crippen MR) is 45.1 cm³/mol. The Hall–Kier alpha value is -1.49. The summed E-state index contributed by atoms with van der Waals surface area (Å²) in [7, 11) is 0. The summed E-state index contributed by atoms with van der Waals surface area (Å²) in [6.07, 6.45) is 2.60. The number of hydrogen-bond donors (Lipinski definition) is 2. The number of allylic oxidation sites excluding steroid dienone is 1. The first-order valence-electron chi connectivity index (χ1n) is 3.71. The summed E-state index contributed by atoms with van der Waals surface area (Å²) in [5.41, 5.74) is 5.22. The van der Waals surface area contributed by atoms with Crippen LogP contribution in [0.3, 0.4) is 0 Å². The van der Waals surface area contributed by atoms with E-state index in [9.17, 15) is 14.4 Å². The van der Waals surface area contributed by atoms with Crippen molar-refractivity contribution in [3.8, 4) is 0 Å². The van der Waals surface area contributed by atoms with Crippen molar-refractivity contribution in [1.29, 1.82) is 0 Å². The minimum atomic E-state index is -1.17. The van der Waals surface area contributed by atoms with E-state index in [-0.39, 0.29) is 18.6 Å². The Morgan fingerprint density at radius 1 is 1.38 bits per heavy atom. The first kappa shape index (κ1) is 11.5. The highest BCUT2D eigenvalue weighted by molar-refractivity contribution is 5.95. The van der Waals surface area contributed by atoms with E-state index in [0.717, 1.165) is 12.2 Å². The number of carbonyl (C=O) groups excluding carboxylic acids is 2. The molecule has 0 radical (unpaired) electrons. The molecule has 72 valence electrons. The highest BCUT2D eigenvalue weighted by atomic mass is 16.4. The Morgan fingerprint density at radius 3 is 2.46 bits per heavy atom. The molecule has 0 heterocycles. The van der Waals surface area contributed by atoms with Gasteiger partial charge in [0, 0.05) is 12.5 Å². The van der Waals surface area contributed by atoms with Crippen molar-refractivity contribution >= 4 is 18.0 Å². The van der Waals surface area contributed by atoms with Crippen LogP contribution >= 0.6 is 0 Å². The second-order valence-electron chi connectivity index (χ2n) is 2.48. The fourth-order valence-corrected chi connectivity index (χ4v) is 0.625. The van der Waals surface area contributed by atoms with E-state index in [4.69, 9.17) is 10.8 Å². The van der Waals surface area contributed by atoms with Crippen molar-refractivity contribution < 1.29 is 19.5 Å². The van der Waals surface area contributed by atoms with Crippen LogP contribution in [0.4, 0.5) is 0 Å². The van der Waals surface area contributed by atoms with Gasteiger partial charge in [-0.25, -0.2) is 4.79 Å². The molecule has 1 atom stereocenters. The highest BCUT2D eigenvalue weighted by Gasteiger charge is 2.03. The highest BCUT2D eigenvalue weighted by Crippen LogP contribution is 1.94. The van der Waals surface area contributed by atoms with Gasteiger partial charge in [0.25, 0.3) is 0 Å². The molecule has 13 heavy (non-hydrogen) atoms. The van der Waals surface area contributed by atoms with E-state index >= 15 is 0 Å². The normalized spacial score (nSPS) is 12.7. The minimum Gasteiger partial charge on any atom is -0.478 e. The van der Waals surface area contributed by atoms with Crippen LogP contribution in [0.25, 0.3) is 0 Å². The Balaban J connectivity index is 3.75. The van der Waals surface area contributed by atoms with Crippen LogP contribution in [0, 0.1) is 0 Å². The van der Waals surface area contributed by atoms with Gasteiger partial charge in [0.2, 0.25) is 0 Å². The summed E-state index contributed by atoms with van der Waals surface area (Å²) < 4.78 is 0. The molecular weight excluding hydrogens is 174 g/mol. The van der Waals surface area contributed by atoms with E-state index < -0.39 is 12.0 Å². The molecule has 5 heteroatoms. The second kappa shape index (κ2) is 6.07. The van der Waals surface area contributed by atoms with Gasteiger partial charge in [-0.3, -0.25) is 4.79 Å². The lowest BCUT2D eigenvalue weighted by molar-refractivity contribution is -0.131. The number of aldehydes is 1. The summed E-state index contributed by atoms with van der Waals surface area (Å²) in [5.74, 6) is -1.52. The van der Waals surface area contributed by atoms with Gasteiger partial charge < -0.3 is 15.6 Å². The summed E-state index contributed by atoms with van der Waals surface area (Å²) in [5, 5.41) is 8.17. The van der Waals surface area contributed by atoms with Gasteiger partial charge in [0.15, 0.2) is 5.78 Å². The van der Waals surface area contributed by atoms with Crippen LogP contribution < -0.4 is 5.73 Å². The summed E-state index contributed by atoms with van der Waals surface area (Å²) >= 11 is 0. The number of hydrogen-bond acceptors (Lipinski definition) is 4. The van der Waals surface area contributed by atoms with E-state index in [1.54, 1.807) is 0 Å². The number of carboxylic acid groups (broad SMARTS) is 1. The van der Waals surface area contributed by atoms with Crippen LogP contribution in [-0.2, 0) is 14.4 Å². The largest absolute Gasteiger partial charge is 0.478 e. The standard InChI is InChI=1S/C8H11NO4/c9-6(5-10)1-2-7(11)3-4-8(12)13/h3-6H,1-2,9H2,(H,12,13)/b4-3+. The number of rotatable bonds is 6. The number of carboxylic acids is 1. The fourth-order valence-electron chi connectivity index (χ4n) is 0.625. The van der Waals surface area contributed by atoms with Crippen molar-refractivity contribution in [3.63, 3.8) is 0 Å². The van der Waals surface area contributed by atoms with E-state index in [1.807, 2.05) is 0 Å². The van der Waals surface area contributed by atoms with Gasteiger partial charge in [-0.2, -0.15) is 0 Å². The zero-order valence-electron chi connectivity index (χ0n) is 6.97. The zero-order chi connectivity index (χ0) is 10.3. The molecule has 0 aromatic rings. The Labute approximate surface area is 75.2 Å². The molecule has 3 N–H and O–H groups in total. The van der Waals surface area contributed by atoms with Gasteiger partial charge in [-0.15, -0.1) is 0 Å². The number of nitrogens with two attached hydrogens (primary N) is 1. The van der Waals surface area contributed by atoms with Crippen LogP contribution in [0.2, 0.25) is 0 Å². The first-order valence-corrected chi connectivity index (χ1v) is 3.71. The van der Waals surface area contributed by atoms with Crippen LogP contribution in [0.5, 0.6) is 0 Å². The average Bonchev–Trinajstić information content (AvgIpc) is 2.10. The molecule has 0 rings (SSSR count). The van der Waals surface area contributed by atoms with Crippen LogP contribution in [0.1, 0.15) is 12.8 Å². The van der Waals surface area contributed by atoms with Gasteiger partial charge in [0.1, 0.15) is 6.29 Å². The van der Waals surface area contributed by atoms with Gasteiger partial charge in [-0.1, -0.05) is 0 Å². The third kappa shape index (κ3) is 6.89. The fraction of sp³-hybridized carbons (Fsp3) is 0.375. The smallest absolute Gasteiger partial charge is 0.328 e. The molecule has 0 amide bonds. The molecule has 0 aromatic heterocycles. The van der Waals surface area contributed by atoms with E-state index in [2.05, 4.69) is 0 Å². The lowest BCUT2D eigenvalue weighted by Crippen LogP contribution is -2.22. The molecule has 0 saturated carbocycles. The minimum absolute atomic E-state index is 0.0870. The van der Waals surface area contributed by atoms with Gasteiger partial charge >= 0.3 is 5.97 Å². The summed E-state index contributed by atoms with van der Waals surface area (Å²) in [6.45, 7) is 0. The van der Waals surface area contributed by atoms with Crippen LogP contribution in [0.15, 0.2) is 12.2 Å². The molecule has 0 aliphatic carbocycles.